The van der Waals surface area contributed by atoms with E-state index in [4.69, 9.17) is 28.8 Å². The molecular formula is C36H50ClF3N8O2. The fraction of sp³-hybridized carbons (Fsp3) is 0.472. The summed E-state index contributed by atoms with van der Waals surface area (Å²) in [6, 6.07) is 13.1. The number of aromatic amines is 1. The van der Waals surface area contributed by atoms with E-state index in [1.54, 1.807) is 4.57 Å². The van der Waals surface area contributed by atoms with E-state index in [0.29, 0.717) is 30.7 Å². The highest BCUT2D eigenvalue weighted by atomic mass is 35.5. The molecule has 0 bridgehead atoms. The lowest BCUT2D eigenvalue weighted by Crippen LogP contribution is -2.23. The minimum Gasteiger partial charge on any atom is -0.404 e. The summed E-state index contributed by atoms with van der Waals surface area (Å²) in [6.07, 6.45) is 0.230. The van der Waals surface area contributed by atoms with Crippen LogP contribution in [0.25, 0.3) is 16.7 Å². The summed E-state index contributed by atoms with van der Waals surface area (Å²) in [5, 5.41) is 4.28. The minimum atomic E-state index is -4.76. The molecule has 274 valence electrons. The zero-order valence-corrected chi connectivity index (χ0v) is 30.4. The van der Waals surface area contributed by atoms with Crippen molar-refractivity contribution >= 4 is 28.6 Å². The van der Waals surface area contributed by atoms with Gasteiger partial charge in [-0.25, -0.2) is 4.79 Å². The lowest BCUT2D eigenvalue weighted by Gasteiger charge is -2.24. The van der Waals surface area contributed by atoms with Crippen LogP contribution >= 0.6 is 11.6 Å². The number of halogens is 4. The summed E-state index contributed by atoms with van der Waals surface area (Å²) in [6.45, 7) is 14.8. The monoisotopic (exact) mass is 718 g/mol. The SMILES string of the molecule is CC(C)(C)c1cc(CCCCN)cc(OC(F)(F)F)c1Cl.CC(C)(C)c1cc2cn(-c3ccc(CNCCCN=C(N)N)cc3)c(=O)nc2[nH]1. The maximum Gasteiger partial charge on any atom is 0.573 e. The highest BCUT2D eigenvalue weighted by Gasteiger charge is 2.33. The van der Waals surface area contributed by atoms with E-state index >= 15 is 0 Å². The number of nitrogens with zero attached hydrogens (tertiary/aromatic N) is 3. The van der Waals surface area contributed by atoms with Crippen LogP contribution in [0.15, 0.2) is 58.4 Å². The largest absolute Gasteiger partial charge is 0.573 e. The van der Waals surface area contributed by atoms with Gasteiger partial charge in [0.15, 0.2) is 5.96 Å². The van der Waals surface area contributed by atoms with Gasteiger partial charge in [-0.15, -0.1) is 13.2 Å². The molecule has 8 N–H and O–H groups in total. The maximum absolute atomic E-state index is 12.5. The Kier molecular flexibility index (Phi) is 13.9. The Balaban J connectivity index is 0.000000286. The van der Waals surface area contributed by atoms with Gasteiger partial charge in [0, 0.05) is 35.8 Å². The summed E-state index contributed by atoms with van der Waals surface area (Å²) in [7, 11) is 0. The van der Waals surface area contributed by atoms with Crippen LogP contribution < -0.4 is 32.9 Å². The number of hydrogen-bond acceptors (Lipinski definition) is 6. The number of nitrogens with one attached hydrogen (secondary N) is 2. The maximum atomic E-state index is 12.5. The standard InChI is InChI=1S/C21H29N7O.C15H21ClF3NO/c1-21(2,3)17-11-15-13-28(20(29)27-18(15)26-17)16-7-5-14(6-8-16)12-24-9-4-10-25-19(22)23;1-14(2,3)11-8-10(6-4-5-7-20)9-12(13(11)16)21-15(17,18)19/h5-8,11,13,24H,4,9-10,12H2,1-3H3,(H4,22,23,25)(H,26,27,29);8-9H,4-7,20H2,1-3H3. The molecule has 2 aromatic heterocycles. The second-order valence-corrected chi connectivity index (χ2v) is 14.5. The molecule has 0 saturated heterocycles. The van der Waals surface area contributed by atoms with E-state index < -0.39 is 6.36 Å². The third-order valence-electron chi connectivity index (χ3n) is 7.72. The molecule has 0 unspecified atom stereocenters. The zero-order chi connectivity index (χ0) is 37.3. The lowest BCUT2D eigenvalue weighted by atomic mass is 9.85. The Labute approximate surface area is 296 Å². The highest BCUT2D eigenvalue weighted by molar-refractivity contribution is 6.33. The first-order valence-corrected chi connectivity index (χ1v) is 16.9. The first-order chi connectivity index (χ1) is 23.3. The van der Waals surface area contributed by atoms with Gasteiger partial charge in [0.05, 0.1) is 10.7 Å². The van der Waals surface area contributed by atoms with Crippen LogP contribution in [0.4, 0.5) is 13.2 Å². The molecule has 0 saturated carbocycles. The molecule has 10 nitrogen and oxygen atoms in total. The van der Waals surface area contributed by atoms with E-state index in [9.17, 15) is 18.0 Å². The van der Waals surface area contributed by atoms with E-state index in [2.05, 4.69) is 51.9 Å². The van der Waals surface area contributed by atoms with E-state index in [-0.39, 0.29) is 33.3 Å². The van der Waals surface area contributed by atoms with Crippen LogP contribution in [-0.2, 0) is 23.8 Å². The van der Waals surface area contributed by atoms with Crippen molar-refractivity contribution in [2.75, 3.05) is 19.6 Å². The third-order valence-corrected chi connectivity index (χ3v) is 8.11. The number of guanidine groups is 1. The Hall–Kier alpha value is -4.07. The third kappa shape index (κ3) is 12.4. The average Bonchev–Trinajstić information content (AvgIpc) is 3.43. The molecule has 0 radical (unpaired) electrons. The Morgan fingerprint density at radius 2 is 1.66 bits per heavy atom. The van der Waals surface area contributed by atoms with E-state index in [1.807, 2.05) is 57.3 Å². The van der Waals surface area contributed by atoms with Crippen LogP contribution in [0.1, 0.15) is 83.2 Å². The molecular weight excluding hydrogens is 669 g/mol. The van der Waals surface area contributed by atoms with Crippen molar-refractivity contribution in [2.24, 2.45) is 22.2 Å². The molecule has 0 aliphatic carbocycles. The summed E-state index contributed by atoms with van der Waals surface area (Å²) < 4.78 is 43.1. The first kappa shape index (κ1) is 40.4. The number of aryl methyl sites for hydroxylation is 1. The number of ether oxygens (including phenoxy) is 1. The quantitative estimate of drug-likeness (QED) is 0.0628. The van der Waals surface area contributed by atoms with Crippen LogP contribution in [0, 0.1) is 0 Å². The zero-order valence-electron chi connectivity index (χ0n) is 29.7. The van der Waals surface area contributed by atoms with Crippen LogP contribution in [-0.4, -0.2) is 46.5 Å². The van der Waals surface area contributed by atoms with Gasteiger partial charge in [0.25, 0.3) is 0 Å². The van der Waals surface area contributed by atoms with Crippen molar-refractivity contribution in [3.05, 3.63) is 86.6 Å². The minimum absolute atomic E-state index is 0.0161. The van der Waals surface area contributed by atoms with Crippen molar-refractivity contribution in [3.63, 3.8) is 0 Å². The van der Waals surface area contributed by atoms with Crippen molar-refractivity contribution < 1.29 is 17.9 Å². The van der Waals surface area contributed by atoms with Gasteiger partial charge < -0.3 is 32.2 Å². The Morgan fingerprint density at radius 3 is 2.24 bits per heavy atom. The predicted octanol–water partition coefficient (Wildman–Crippen LogP) is 6.58. The normalized spacial score (nSPS) is 12.1. The average molecular weight is 719 g/mol. The number of rotatable bonds is 12. The van der Waals surface area contributed by atoms with E-state index in [1.165, 1.54) is 6.07 Å². The summed E-state index contributed by atoms with van der Waals surface area (Å²) in [4.78, 5) is 23.9. The highest BCUT2D eigenvalue weighted by Crippen LogP contribution is 2.39. The summed E-state index contributed by atoms with van der Waals surface area (Å²) >= 11 is 6.09. The molecule has 50 heavy (non-hydrogen) atoms. The molecule has 4 aromatic rings. The van der Waals surface area contributed by atoms with Gasteiger partial charge in [0.1, 0.15) is 11.4 Å². The molecule has 14 heteroatoms. The second-order valence-electron chi connectivity index (χ2n) is 14.1. The second kappa shape index (κ2) is 17.2. The Morgan fingerprint density at radius 1 is 0.980 bits per heavy atom. The number of hydrogen-bond donors (Lipinski definition) is 5. The fourth-order valence-corrected chi connectivity index (χ4v) is 5.45. The van der Waals surface area contributed by atoms with Gasteiger partial charge in [-0.3, -0.25) is 9.56 Å². The lowest BCUT2D eigenvalue weighted by molar-refractivity contribution is -0.274. The number of fused-ring (bicyclic) bond motifs is 1. The predicted molar refractivity (Wildman–Crippen MR) is 196 cm³/mol. The number of benzene rings is 2. The van der Waals surface area contributed by atoms with E-state index in [0.717, 1.165) is 60.2 Å². The van der Waals surface area contributed by atoms with Crippen molar-refractivity contribution in [1.29, 1.82) is 0 Å². The Bertz CT molecular complexity index is 1780. The van der Waals surface area contributed by atoms with Crippen molar-refractivity contribution in [2.45, 2.75) is 91.0 Å². The molecule has 0 amide bonds. The van der Waals surface area contributed by atoms with Gasteiger partial charge in [-0.2, -0.15) is 4.98 Å². The number of unbranched alkanes of at least 4 members (excludes halogenated alkanes) is 1. The summed E-state index contributed by atoms with van der Waals surface area (Å²) in [5.41, 5.74) is 20.3. The number of H-pyrrole nitrogens is 1. The number of alkyl halides is 3. The summed E-state index contributed by atoms with van der Waals surface area (Å²) in [5.74, 6) is -0.211. The molecule has 0 aliphatic rings. The fourth-order valence-electron chi connectivity index (χ4n) is 5.02. The number of nitrogens with two attached hydrogens (primary N) is 3. The van der Waals surface area contributed by atoms with Gasteiger partial charge in [-0.05, 0) is 85.1 Å². The smallest absolute Gasteiger partial charge is 0.404 e. The molecule has 2 aromatic carbocycles. The van der Waals surface area contributed by atoms with Crippen LogP contribution in [0.2, 0.25) is 5.02 Å². The van der Waals surface area contributed by atoms with Crippen LogP contribution in [0.3, 0.4) is 0 Å². The number of aliphatic imine (C=N–C) groups is 1. The van der Waals surface area contributed by atoms with Crippen LogP contribution in [0.5, 0.6) is 5.75 Å². The topological polar surface area (TPSA) is 162 Å². The molecule has 0 aliphatic heterocycles. The van der Waals surface area contributed by atoms with Crippen molar-refractivity contribution in [1.82, 2.24) is 19.9 Å². The molecule has 4 rings (SSSR count). The number of aromatic nitrogens is 3. The molecule has 0 atom stereocenters. The van der Waals surface area contributed by atoms with Crippen molar-refractivity contribution in [3.8, 4) is 11.4 Å². The molecule has 2 heterocycles. The molecule has 0 fully saturated rings. The molecule has 0 spiro atoms. The van der Waals surface area contributed by atoms with Gasteiger partial charge in [0.2, 0.25) is 0 Å². The first-order valence-electron chi connectivity index (χ1n) is 16.6. The van der Waals surface area contributed by atoms with Gasteiger partial charge in [-0.1, -0.05) is 71.3 Å². The van der Waals surface area contributed by atoms with Gasteiger partial charge >= 0.3 is 12.1 Å².